The fourth-order valence-corrected chi connectivity index (χ4v) is 3.87. The Morgan fingerprint density at radius 3 is 0.853 bits per heavy atom. The van der Waals surface area contributed by atoms with E-state index in [1.165, 1.54) is 33.4 Å². The predicted octanol–water partition coefficient (Wildman–Crippen LogP) is 9.05. The Labute approximate surface area is 204 Å². The van der Waals surface area contributed by atoms with Crippen LogP contribution >= 0.6 is 0 Å². The number of hydrogen-bond acceptors (Lipinski definition) is 2. The van der Waals surface area contributed by atoms with Gasteiger partial charge in [-0.2, -0.15) is 0 Å². The second kappa shape index (κ2) is 12.1. The summed E-state index contributed by atoms with van der Waals surface area (Å²) in [6, 6.07) is 34.3. The van der Waals surface area contributed by atoms with Crippen molar-refractivity contribution >= 4 is 0 Å². The monoisotopic (exact) mass is 450 g/mol. The van der Waals surface area contributed by atoms with Crippen LogP contribution in [0.3, 0.4) is 0 Å². The van der Waals surface area contributed by atoms with Gasteiger partial charge in [-0.05, 0) is 70.5 Å². The van der Waals surface area contributed by atoms with E-state index in [0.29, 0.717) is 0 Å². The SMILES string of the molecule is CCCCOc1ccc(-c2ccc(-c3ccc(-c4ccc(OCCCC)cc4)cc3)cc2)cc1. The average molecular weight is 451 g/mol. The molecule has 0 aliphatic heterocycles. The molecule has 0 atom stereocenters. The normalized spacial score (nSPS) is 10.8. The summed E-state index contributed by atoms with van der Waals surface area (Å²) in [7, 11) is 0. The highest BCUT2D eigenvalue weighted by atomic mass is 16.5. The van der Waals surface area contributed by atoms with Crippen LogP contribution in [-0.2, 0) is 0 Å². The van der Waals surface area contributed by atoms with Crippen LogP contribution in [0.5, 0.6) is 11.5 Å². The van der Waals surface area contributed by atoms with Crippen LogP contribution in [0.2, 0.25) is 0 Å². The predicted molar refractivity (Wildman–Crippen MR) is 144 cm³/mol. The molecule has 0 radical (unpaired) electrons. The Balaban J connectivity index is 1.39. The summed E-state index contributed by atoms with van der Waals surface area (Å²) in [6.07, 6.45) is 4.47. The number of ether oxygens (including phenoxy) is 2. The van der Waals surface area contributed by atoms with Crippen molar-refractivity contribution in [1.29, 1.82) is 0 Å². The summed E-state index contributed by atoms with van der Waals surface area (Å²) >= 11 is 0. The quantitative estimate of drug-likeness (QED) is 0.212. The highest BCUT2D eigenvalue weighted by Crippen LogP contribution is 2.29. The molecule has 0 aliphatic carbocycles. The van der Waals surface area contributed by atoms with E-state index in [1.54, 1.807) is 0 Å². The van der Waals surface area contributed by atoms with E-state index in [0.717, 1.165) is 50.4 Å². The minimum atomic E-state index is 0.780. The molecule has 2 nitrogen and oxygen atoms in total. The van der Waals surface area contributed by atoms with Crippen LogP contribution in [0, 0.1) is 0 Å². The lowest BCUT2D eigenvalue weighted by Crippen LogP contribution is -1.95. The van der Waals surface area contributed by atoms with Crippen LogP contribution in [0.15, 0.2) is 97.1 Å². The van der Waals surface area contributed by atoms with Crippen LogP contribution in [0.25, 0.3) is 33.4 Å². The topological polar surface area (TPSA) is 18.5 Å². The molecular weight excluding hydrogens is 416 g/mol. The number of benzene rings is 4. The molecule has 0 unspecified atom stereocenters. The molecule has 0 N–H and O–H groups in total. The van der Waals surface area contributed by atoms with E-state index in [4.69, 9.17) is 9.47 Å². The maximum Gasteiger partial charge on any atom is 0.119 e. The minimum absolute atomic E-state index is 0.780. The van der Waals surface area contributed by atoms with Gasteiger partial charge in [-0.1, -0.05) is 99.5 Å². The Kier molecular flexibility index (Phi) is 8.40. The largest absolute Gasteiger partial charge is 0.494 e. The molecular formula is C32H34O2. The highest BCUT2D eigenvalue weighted by molar-refractivity contribution is 5.73. The lowest BCUT2D eigenvalue weighted by atomic mass is 9.98. The lowest BCUT2D eigenvalue weighted by Gasteiger charge is -2.09. The second-order valence-corrected chi connectivity index (χ2v) is 8.61. The standard InChI is InChI=1S/C32H34O2/c1-3-5-23-33-31-19-15-29(16-20-31)27-11-7-25(8-12-27)26-9-13-28(14-10-26)30-17-21-32(22-18-30)34-24-6-4-2/h7-22H,3-6,23-24H2,1-2H3. The van der Waals surface area contributed by atoms with Crippen molar-refractivity contribution in [2.75, 3.05) is 13.2 Å². The van der Waals surface area contributed by atoms with E-state index in [9.17, 15) is 0 Å². The molecule has 0 aliphatic rings. The van der Waals surface area contributed by atoms with Crippen molar-refractivity contribution in [1.82, 2.24) is 0 Å². The van der Waals surface area contributed by atoms with Gasteiger partial charge < -0.3 is 9.47 Å². The Bertz CT molecular complexity index is 1030. The summed E-state index contributed by atoms with van der Waals surface area (Å²) in [5, 5.41) is 0. The van der Waals surface area contributed by atoms with Gasteiger partial charge in [0.15, 0.2) is 0 Å². The molecule has 34 heavy (non-hydrogen) atoms. The van der Waals surface area contributed by atoms with E-state index in [-0.39, 0.29) is 0 Å². The smallest absolute Gasteiger partial charge is 0.119 e. The molecule has 4 rings (SSSR count). The van der Waals surface area contributed by atoms with Crippen LogP contribution < -0.4 is 9.47 Å². The zero-order valence-corrected chi connectivity index (χ0v) is 20.3. The van der Waals surface area contributed by atoms with E-state index >= 15 is 0 Å². The van der Waals surface area contributed by atoms with Crippen molar-refractivity contribution < 1.29 is 9.47 Å². The van der Waals surface area contributed by atoms with Crippen molar-refractivity contribution in [3.05, 3.63) is 97.1 Å². The van der Waals surface area contributed by atoms with Crippen molar-refractivity contribution in [3.8, 4) is 44.9 Å². The van der Waals surface area contributed by atoms with Gasteiger partial charge in [-0.3, -0.25) is 0 Å². The first kappa shape index (κ1) is 23.6. The van der Waals surface area contributed by atoms with Gasteiger partial charge in [0.1, 0.15) is 11.5 Å². The molecule has 4 aromatic carbocycles. The summed E-state index contributed by atoms with van der Waals surface area (Å²) < 4.78 is 11.6. The highest BCUT2D eigenvalue weighted by Gasteiger charge is 2.04. The third-order valence-electron chi connectivity index (χ3n) is 6.01. The first-order valence-electron chi connectivity index (χ1n) is 12.4. The average Bonchev–Trinajstić information content (AvgIpc) is 2.90. The van der Waals surface area contributed by atoms with E-state index in [1.807, 2.05) is 0 Å². The Hall–Kier alpha value is -3.52. The third kappa shape index (κ3) is 6.29. The van der Waals surface area contributed by atoms with Crippen molar-refractivity contribution in [2.24, 2.45) is 0 Å². The third-order valence-corrected chi connectivity index (χ3v) is 6.01. The molecule has 0 heterocycles. The fraction of sp³-hybridized carbons (Fsp3) is 0.250. The summed E-state index contributed by atoms with van der Waals surface area (Å²) in [4.78, 5) is 0. The summed E-state index contributed by atoms with van der Waals surface area (Å²) in [5.41, 5.74) is 7.26. The minimum Gasteiger partial charge on any atom is -0.494 e. The molecule has 0 spiro atoms. The van der Waals surface area contributed by atoms with Gasteiger partial charge in [-0.15, -0.1) is 0 Å². The Morgan fingerprint density at radius 2 is 0.618 bits per heavy atom. The molecule has 0 aromatic heterocycles. The van der Waals surface area contributed by atoms with Crippen LogP contribution in [-0.4, -0.2) is 13.2 Å². The van der Waals surface area contributed by atoms with Crippen LogP contribution in [0.4, 0.5) is 0 Å². The van der Waals surface area contributed by atoms with Gasteiger partial charge in [0, 0.05) is 0 Å². The molecule has 0 amide bonds. The summed E-state index contributed by atoms with van der Waals surface area (Å²) in [5.74, 6) is 1.88. The fourth-order valence-electron chi connectivity index (χ4n) is 3.87. The van der Waals surface area contributed by atoms with Gasteiger partial charge in [0.05, 0.1) is 13.2 Å². The van der Waals surface area contributed by atoms with Gasteiger partial charge >= 0.3 is 0 Å². The molecule has 174 valence electrons. The molecule has 4 aromatic rings. The molecule has 0 bridgehead atoms. The van der Waals surface area contributed by atoms with Crippen molar-refractivity contribution in [2.45, 2.75) is 39.5 Å². The first-order chi connectivity index (χ1) is 16.8. The zero-order chi connectivity index (χ0) is 23.6. The Morgan fingerprint density at radius 1 is 0.382 bits per heavy atom. The van der Waals surface area contributed by atoms with Gasteiger partial charge in [-0.25, -0.2) is 0 Å². The summed E-state index contributed by atoms with van der Waals surface area (Å²) in [6.45, 7) is 5.91. The molecule has 2 heteroatoms. The van der Waals surface area contributed by atoms with Gasteiger partial charge in [0.2, 0.25) is 0 Å². The molecule has 0 saturated carbocycles. The van der Waals surface area contributed by atoms with Crippen molar-refractivity contribution in [3.63, 3.8) is 0 Å². The lowest BCUT2D eigenvalue weighted by molar-refractivity contribution is 0.309. The van der Waals surface area contributed by atoms with Crippen LogP contribution in [0.1, 0.15) is 39.5 Å². The maximum absolute atomic E-state index is 5.78. The number of unbranched alkanes of at least 4 members (excludes halogenated alkanes) is 2. The van der Waals surface area contributed by atoms with E-state index < -0.39 is 0 Å². The number of rotatable bonds is 11. The second-order valence-electron chi connectivity index (χ2n) is 8.61. The molecule has 0 fully saturated rings. The zero-order valence-electron chi connectivity index (χ0n) is 20.3. The maximum atomic E-state index is 5.78. The molecule has 0 saturated heterocycles. The number of hydrogen-bond donors (Lipinski definition) is 0. The van der Waals surface area contributed by atoms with E-state index in [2.05, 4.69) is 111 Å². The first-order valence-corrected chi connectivity index (χ1v) is 12.4. The van der Waals surface area contributed by atoms with Gasteiger partial charge in [0.25, 0.3) is 0 Å².